The highest BCUT2D eigenvalue weighted by Crippen LogP contribution is 2.15. The van der Waals surface area contributed by atoms with E-state index in [1.54, 1.807) is 0 Å². The normalized spacial score (nSPS) is 22.8. The summed E-state index contributed by atoms with van der Waals surface area (Å²) in [4.78, 5) is 2.23. The minimum atomic E-state index is 0.156. The molecule has 1 heterocycles. The van der Waals surface area contributed by atoms with Crippen LogP contribution in [-0.4, -0.2) is 24.0 Å². The number of hydrogen-bond donors (Lipinski definition) is 0. The van der Waals surface area contributed by atoms with Crippen molar-refractivity contribution in [2.45, 2.75) is 32.2 Å². The lowest BCUT2D eigenvalue weighted by molar-refractivity contribution is 0.302. The number of rotatable bonds is 2. The molecule has 1 fully saturated rings. The second kappa shape index (κ2) is 4.80. The zero-order chi connectivity index (χ0) is 8.81. The van der Waals surface area contributed by atoms with Crippen molar-refractivity contribution in [2.75, 3.05) is 13.1 Å². The highest BCUT2D eigenvalue weighted by atomic mass is 15.2. The molecule has 0 radical (unpaired) electrons. The van der Waals surface area contributed by atoms with Gasteiger partial charge >= 0.3 is 0 Å². The molecule has 0 spiro atoms. The first kappa shape index (κ1) is 9.10. The zero-order valence-electron chi connectivity index (χ0n) is 7.51. The summed E-state index contributed by atoms with van der Waals surface area (Å²) >= 11 is 0. The lowest BCUT2D eigenvalue weighted by atomic mass is 10.2. The van der Waals surface area contributed by atoms with E-state index in [9.17, 15) is 0 Å². The third-order valence-electron chi connectivity index (χ3n) is 2.21. The highest BCUT2D eigenvalue weighted by molar-refractivity contribution is 4.99. The van der Waals surface area contributed by atoms with Crippen LogP contribution in [0.4, 0.5) is 0 Å². The zero-order valence-corrected chi connectivity index (χ0v) is 7.51. The Kier molecular flexibility index (Phi) is 3.64. The first-order valence-corrected chi connectivity index (χ1v) is 4.41. The molecule has 0 amide bonds. The van der Waals surface area contributed by atoms with E-state index in [4.69, 9.17) is 5.26 Å². The van der Waals surface area contributed by atoms with Crippen molar-refractivity contribution in [1.82, 2.24) is 4.90 Å². The van der Waals surface area contributed by atoms with Gasteiger partial charge in [-0.25, -0.2) is 0 Å². The van der Waals surface area contributed by atoms with E-state index in [2.05, 4.69) is 22.8 Å². The van der Waals surface area contributed by atoms with Gasteiger partial charge in [0.1, 0.15) is 0 Å². The largest absolute Gasteiger partial charge is 0.287 e. The smallest absolute Gasteiger partial charge is 0.0978 e. The fourth-order valence-corrected chi connectivity index (χ4v) is 1.56. The Morgan fingerprint density at radius 3 is 3.08 bits per heavy atom. The second-order valence-electron chi connectivity index (χ2n) is 3.00. The van der Waals surface area contributed by atoms with E-state index in [0.717, 1.165) is 32.4 Å². The van der Waals surface area contributed by atoms with E-state index in [1.807, 2.05) is 6.92 Å². The number of nitrogens with zero attached hydrogens (tertiary/aromatic N) is 2. The summed E-state index contributed by atoms with van der Waals surface area (Å²) < 4.78 is 0. The third-order valence-corrected chi connectivity index (χ3v) is 2.21. The van der Waals surface area contributed by atoms with Crippen LogP contribution < -0.4 is 0 Å². The fraction of sp³-hybridized carbons (Fsp3) is 0.700. The van der Waals surface area contributed by atoms with Crippen LogP contribution in [0.15, 0.2) is 0 Å². The fourth-order valence-electron chi connectivity index (χ4n) is 1.56. The summed E-state index contributed by atoms with van der Waals surface area (Å²) in [5.41, 5.74) is 0. The van der Waals surface area contributed by atoms with Gasteiger partial charge in [0.25, 0.3) is 0 Å². The lowest BCUT2D eigenvalue weighted by Gasteiger charge is -2.16. The predicted molar refractivity (Wildman–Crippen MR) is 48.3 cm³/mol. The Hall–Kier alpha value is -0.990. The van der Waals surface area contributed by atoms with Crippen LogP contribution in [0.3, 0.4) is 0 Å². The average molecular weight is 162 g/mol. The minimum absolute atomic E-state index is 0.156. The second-order valence-corrected chi connectivity index (χ2v) is 3.00. The molecule has 0 N–H and O–H groups in total. The van der Waals surface area contributed by atoms with Gasteiger partial charge in [-0.3, -0.25) is 4.90 Å². The van der Waals surface area contributed by atoms with Gasteiger partial charge in [-0.1, -0.05) is 0 Å². The molecule has 0 aromatic heterocycles. The SMILES string of the molecule is CC#CCCN1CCCC1C#N. The first-order valence-electron chi connectivity index (χ1n) is 4.41. The van der Waals surface area contributed by atoms with Crippen LogP contribution in [0.5, 0.6) is 0 Å². The average Bonchev–Trinajstić information content (AvgIpc) is 2.52. The summed E-state index contributed by atoms with van der Waals surface area (Å²) in [6.07, 6.45) is 3.10. The molecule has 1 saturated heterocycles. The number of nitriles is 1. The molecule has 1 rings (SSSR count). The molecule has 1 aliphatic heterocycles. The Labute approximate surface area is 74.2 Å². The molecule has 0 bridgehead atoms. The molecule has 1 aliphatic rings. The van der Waals surface area contributed by atoms with E-state index in [1.165, 1.54) is 0 Å². The van der Waals surface area contributed by atoms with Gasteiger partial charge in [-0.05, 0) is 26.3 Å². The Bertz CT molecular complexity index is 228. The van der Waals surface area contributed by atoms with Crippen molar-refractivity contribution >= 4 is 0 Å². The minimum Gasteiger partial charge on any atom is -0.287 e. The van der Waals surface area contributed by atoms with Crippen molar-refractivity contribution in [3.8, 4) is 17.9 Å². The molecule has 64 valence electrons. The quantitative estimate of drug-likeness (QED) is 0.574. The maximum absolute atomic E-state index is 8.77. The molecule has 0 aromatic carbocycles. The van der Waals surface area contributed by atoms with Crippen molar-refractivity contribution in [2.24, 2.45) is 0 Å². The van der Waals surface area contributed by atoms with Crippen molar-refractivity contribution in [3.05, 3.63) is 0 Å². The standard InChI is InChI=1S/C10H14N2/c1-2-3-4-7-12-8-5-6-10(12)9-11/h10H,4-8H2,1H3. The Morgan fingerprint density at radius 2 is 2.42 bits per heavy atom. The molecule has 0 aliphatic carbocycles. The van der Waals surface area contributed by atoms with E-state index >= 15 is 0 Å². The lowest BCUT2D eigenvalue weighted by Crippen LogP contribution is -2.28. The van der Waals surface area contributed by atoms with Gasteiger partial charge in [0.05, 0.1) is 12.1 Å². The topological polar surface area (TPSA) is 27.0 Å². The molecular weight excluding hydrogens is 148 g/mol. The highest BCUT2D eigenvalue weighted by Gasteiger charge is 2.22. The molecule has 12 heavy (non-hydrogen) atoms. The van der Waals surface area contributed by atoms with Crippen LogP contribution >= 0.6 is 0 Å². The summed E-state index contributed by atoms with van der Waals surface area (Å²) in [5.74, 6) is 5.88. The number of hydrogen-bond acceptors (Lipinski definition) is 2. The van der Waals surface area contributed by atoms with Crippen LogP contribution in [0.1, 0.15) is 26.2 Å². The molecule has 0 aromatic rings. The monoisotopic (exact) mass is 162 g/mol. The van der Waals surface area contributed by atoms with Crippen molar-refractivity contribution < 1.29 is 0 Å². The van der Waals surface area contributed by atoms with Crippen LogP contribution in [0.25, 0.3) is 0 Å². The third kappa shape index (κ3) is 2.26. The van der Waals surface area contributed by atoms with Crippen LogP contribution in [0, 0.1) is 23.2 Å². The van der Waals surface area contributed by atoms with Crippen LogP contribution in [-0.2, 0) is 0 Å². The van der Waals surface area contributed by atoms with Gasteiger partial charge in [-0.2, -0.15) is 5.26 Å². The van der Waals surface area contributed by atoms with E-state index in [-0.39, 0.29) is 6.04 Å². The van der Waals surface area contributed by atoms with Gasteiger partial charge in [0.15, 0.2) is 0 Å². The molecule has 2 nitrogen and oxygen atoms in total. The van der Waals surface area contributed by atoms with Gasteiger partial charge in [0.2, 0.25) is 0 Å². The summed E-state index contributed by atoms with van der Waals surface area (Å²) in [7, 11) is 0. The summed E-state index contributed by atoms with van der Waals surface area (Å²) in [5, 5.41) is 8.77. The molecular formula is C10H14N2. The summed E-state index contributed by atoms with van der Waals surface area (Å²) in [6, 6.07) is 2.47. The van der Waals surface area contributed by atoms with Crippen molar-refractivity contribution in [3.63, 3.8) is 0 Å². The van der Waals surface area contributed by atoms with E-state index < -0.39 is 0 Å². The summed E-state index contributed by atoms with van der Waals surface area (Å²) in [6.45, 7) is 3.88. The maximum Gasteiger partial charge on any atom is 0.0978 e. The number of likely N-dealkylation sites (tertiary alicyclic amines) is 1. The van der Waals surface area contributed by atoms with Gasteiger partial charge in [0, 0.05) is 13.0 Å². The molecule has 1 atom stereocenters. The van der Waals surface area contributed by atoms with Gasteiger partial charge in [-0.15, -0.1) is 11.8 Å². The van der Waals surface area contributed by atoms with Crippen molar-refractivity contribution in [1.29, 1.82) is 5.26 Å². The molecule has 1 unspecified atom stereocenters. The Balaban J connectivity index is 2.30. The van der Waals surface area contributed by atoms with Crippen LogP contribution in [0.2, 0.25) is 0 Å². The van der Waals surface area contributed by atoms with Gasteiger partial charge < -0.3 is 0 Å². The Morgan fingerprint density at radius 1 is 1.58 bits per heavy atom. The maximum atomic E-state index is 8.77. The van der Waals surface area contributed by atoms with E-state index in [0.29, 0.717) is 0 Å². The first-order chi connectivity index (χ1) is 5.88. The predicted octanol–water partition coefficient (Wildman–Crippen LogP) is 1.39. The molecule has 2 heteroatoms. The molecule has 0 saturated carbocycles.